The van der Waals surface area contributed by atoms with Gasteiger partial charge in [-0.3, -0.25) is 4.68 Å². The Morgan fingerprint density at radius 2 is 2.32 bits per heavy atom. The maximum atomic E-state index is 8.78. The largest absolute Gasteiger partial charge is 0.396 e. The van der Waals surface area contributed by atoms with E-state index in [0.717, 1.165) is 44.1 Å². The summed E-state index contributed by atoms with van der Waals surface area (Å²) in [4.78, 5) is 0. The lowest BCUT2D eigenvalue weighted by Gasteiger charge is -2.18. The zero-order valence-corrected chi connectivity index (χ0v) is 11.2. The van der Waals surface area contributed by atoms with Crippen LogP contribution < -0.4 is 5.32 Å². The molecule has 2 unspecified atom stereocenters. The normalized spacial score (nSPS) is 27.0. The van der Waals surface area contributed by atoms with Crippen LogP contribution in [0.15, 0.2) is 6.20 Å². The highest BCUT2D eigenvalue weighted by molar-refractivity contribution is 4.97. The summed E-state index contributed by atoms with van der Waals surface area (Å²) in [7, 11) is 0. The highest BCUT2D eigenvalue weighted by Crippen LogP contribution is 2.38. The van der Waals surface area contributed by atoms with E-state index >= 15 is 0 Å². The summed E-state index contributed by atoms with van der Waals surface area (Å²) < 4.78 is 7.59. The number of nitrogens with zero attached hydrogens (tertiary/aromatic N) is 3. The highest BCUT2D eigenvalue weighted by Gasteiger charge is 2.40. The first-order chi connectivity index (χ1) is 9.36. The molecule has 0 bridgehead atoms. The van der Waals surface area contributed by atoms with Crippen LogP contribution in [0.5, 0.6) is 0 Å². The molecule has 0 amide bonds. The molecule has 2 aliphatic rings. The number of hydrogen-bond donors (Lipinski definition) is 2. The number of aliphatic hydroxyl groups excluding tert-OH is 1. The molecule has 1 aliphatic carbocycles. The summed E-state index contributed by atoms with van der Waals surface area (Å²) >= 11 is 0. The Morgan fingerprint density at radius 1 is 1.42 bits per heavy atom. The Morgan fingerprint density at radius 3 is 3.11 bits per heavy atom. The molecule has 1 aliphatic heterocycles. The van der Waals surface area contributed by atoms with Gasteiger partial charge < -0.3 is 15.2 Å². The van der Waals surface area contributed by atoms with Crippen LogP contribution in [0.25, 0.3) is 0 Å². The van der Waals surface area contributed by atoms with Crippen molar-refractivity contribution in [2.24, 2.45) is 5.92 Å². The molecule has 2 heterocycles. The second kappa shape index (κ2) is 5.98. The van der Waals surface area contributed by atoms with Crippen molar-refractivity contribution in [1.29, 1.82) is 0 Å². The van der Waals surface area contributed by atoms with Gasteiger partial charge in [0.05, 0.1) is 11.8 Å². The van der Waals surface area contributed by atoms with E-state index in [1.807, 2.05) is 6.20 Å². The molecule has 1 aromatic rings. The van der Waals surface area contributed by atoms with E-state index in [0.29, 0.717) is 12.1 Å². The van der Waals surface area contributed by atoms with Gasteiger partial charge in [-0.05, 0) is 31.6 Å². The molecule has 106 valence electrons. The van der Waals surface area contributed by atoms with Gasteiger partial charge >= 0.3 is 0 Å². The Hall–Kier alpha value is -0.980. The Labute approximate surface area is 113 Å². The predicted octanol–water partition coefficient (Wildman–Crippen LogP) is 0.318. The lowest BCUT2D eigenvalue weighted by atomic mass is 10.1. The Balaban J connectivity index is 1.47. The maximum Gasteiger partial charge on any atom is 0.0964 e. The van der Waals surface area contributed by atoms with Gasteiger partial charge in [-0.2, -0.15) is 0 Å². The van der Waals surface area contributed by atoms with Crippen LogP contribution in [-0.2, 0) is 17.8 Å². The molecule has 2 N–H and O–H groups in total. The molecule has 0 spiro atoms. The van der Waals surface area contributed by atoms with Gasteiger partial charge in [0, 0.05) is 38.5 Å². The molecule has 6 nitrogen and oxygen atoms in total. The minimum absolute atomic E-state index is 0.190. The fraction of sp³-hybridized carbons (Fsp3) is 0.846. The SMILES string of the molecule is OCCCn1cc(CNC2CCOC2C2CC2)nn1. The number of aromatic nitrogens is 3. The summed E-state index contributed by atoms with van der Waals surface area (Å²) in [6, 6.07) is 0.468. The molecule has 2 fully saturated rings. The molecule has 1 saturated heterocycles. The van der Waals surface area contributed by atoms with E-state index < -0.39 is 0 Å². The van der Waals surface area contributed by atoms with Gasteiger partial charge in [0.2, 0.25) is 0 Å². The molecular weight excluding hydrogens is 244 g/mol. The number of hydrogen-bond acceptors (Lipinski definition) is 5. The van der Waals surface area contributed by atoms with Crippen LogP contribution in [0.1, 0.15) is 31.4 Å². The monoisotopic (exact) mass is 266 g/mol. The zero-order chi connectivity index (χ0) is 13.1. The number of aryl methyl sites for hydroxylation is 1. The molecule has 1 saturated carbocycles. The van der Waals surface area contributed by atoms with E-state index in [9.17, 15) is 0 Å². The van der Waals surface area contributed by atoms with E-state index in [-0.39, 0.29) is 6.61 Å². The van der Waals surface area contributed by atoms with E-state index in [1.54, 1.807) is 4.68 Å². The smallest absolute Gasteiger partial charge is 0.0964 e. The maximum absolute atomic E-state index is 8.78. The molecule has 2 atom stereocenters. The van der Waals surface area contributed by atoms with Crippen molar-refractivity contribution in [2.45, 2.75) is 50.9 Å². The van der Waals surface area contributed by atoms with Crippen molar-refractivity contribution in [3.8, 4) is 0 Å². The van der Waals surface area contributed by atoms with Crippen molar-refractivity contribution >= 4 is 0 Å². The van der Waals surface area contributed by atoms with Crippen LogP contribution in [0.2, 0.25) is 0 Å². The van der Waals surface area contributed by atoms with E-state index in [4.69, 9.17) is 9.84 Å². The van der Waals surface area contributed by atoms with Crippen molar-refractivity contribution < 1.29 is 9.84 Å². The summed E-state index contributed by atoms with van der Waals surface area (Å²) in [6.07, 6.45) is 6.81. The van der Waals surface area contributed by atoms with Crippen LogP contribution in [0, 0.1) is 5.92 Å². The molecule has 6 heteroatoms. The topological polar surface area (TPSA) is 72.2 Å². The second-order valence-corrected chi connectivity index (χ2v) is 5.50. The summed E-state index contributed by atoms with van der Waals surface area (Å²) in [5, 5.41) is 20.5. The summed E-state index contributed by atoms with van der Waals surface area (Å²) in [6.45, 7) is 2.54. The lowest BCUT2D eigenvalue weighted by molar-refractivity contribution is 0.0808. The average molecular weight is 266 g/mol. The number of aliphatic hydroxyl groups is 1. The van der Waals surface area contributed by atoms with Crippen molar-refractivity contribution in [2.75, 3.05) is 13.2 Å². The summed E-state index contributed by atoms with van der Waals surface area (Å²) in [5.74, 6) is 0.778. The summed E-state index contributed by atoms with van der Waals surface area (Å²) in [5.41, 5.74) is 0.958. The molecular formula is C13H22N4O2. The fourth-order valence-corrected chi connectivity index (χ4v) is 2.72. The van der Waals surface area contributed by atoms with Gasteiger partial charge in [-0.15, -0.1) is 5.10 Å². The molecule has 19 heavy (non-hydrogen) atoms. The van der Waals surface area contributed by atoms with Gasteiger partial charge in [0.25, 0.3) is 0 Å². The average Bonchev–Trinajstić information content (AvgIpc) is 3.00. The minimum Gasteiger partial charge on any atom is -0.396 e. The van der Waals surface area contributed by atoms with Crippen LogP contribution in [0.3, 0.4) is 0 Å². The van der Waals surface area contributed by atoms with E-state index in [2.05, 4.69) is 15.6 Å². The number of ether oxygens (including phenoxy) is 1. The van der Waals surface area contributed by atoms with Crippen molar-refractivity contribution in [3.05, 3.63) is 11.9 Å². The first kappa shape index (κ1) is 13.0. The zero-order valence-electron chi connectivity index (χ0n) is 11.2. The quantitative estimate of drug-likeness (QED) is 0.743. The molecule has 0 aromatic carbocycles. The fourth-order valence-electron chi connectivity index (χ4n) is 2.72. The standard InChI is InChI=1S/C13H22N4O2/c18-6-1-5-17-9-11(15-16-17)8-14-12-4-7-19-13(12)10-2-3-10/h9-10,12-14,18H,1-8H2. The second-order valence-electron chi connectivity index (χ2n) is 5.50. The predicted molar refractivity (Wildman–Crippen MR) is 69.4 cm³/mol. The Bertz CT molecular complexity index is 405. The minimum atomic E-state index is 0.190. The lowest BCUT2D eigenvalue weighted by Crippen LogP contribution is -2.37. The molecule has 0 radical (unpaired) electrons. The first-order valence-corrected chi connectivity index (χ1v) is 7.21. The van der Waals surface area contributed by atoms with Crippen LogP contribution in [0.4, 0.5) is 0 Å². The first-order valence-electron chi connectivity index (χ1n) is 7.21. The van der Waals surface area contributed by atoms with Crippen molar-refractivity contribution in [3.63, 3.8) is 0 Å². The van der Waals surface area contributed by atoms with Gasteiger partial charge in [0.1, 0.15) is 0 Å². The third-order valence-corrected chi connectivity index (χ3v) is 3.90. The number of nitrogens with one attached hydrogen (secondary N) is 1. The van der Waals surface area contributed by atoms with Crippen LogP contribution >= 0.6 is 0 Å². The number of rotatable bonds is 7. The Kier molecular flexibility index (Phi) is 4.10. The van der Waals surface area contributed by atoms with Crippen molar-refractivity contribution in [1.82, 2.24) is 20.3 Å². The third-order valence-electron chi connectivity index (χ3n) is 3.90. The van der Waals surface area contributed by atoms with Gasteiger partial charge in [0.15, 0.2) is 0 Å². The molecule has 1 aromatic heterocycles. The highest BCUT2D eigenvalue weighted by atomic mass is 16.5. The third kappa shape index (κ3) is 3.32. The van der Waals surface area contributed by atoms with E-state index in [1.165, 1.54) is 12.8 Å². The van der Waals surface area contributed by atoms with Crippen LogP contribution in [-0.4, -0.2) is 45.5 Å². The molecule has 3 rings (SSSR count). The van der Waals surface area contributed by atoms with Gasteiger partial charge in [-0.25, -0.2) is 0 Å². The van der Waals surface area contributed by atoms with Gasteiger partial charge in [-0.1, -0.05) is 5.21 Å².